The Morgan fingerprint density at radius 1 is 0.500 bits per heavy atom. The topological polar surface area (TPSA) is 23.1 Å². The molecule has 20 heavy (non-hydrogen) atoms. The largest absolute Gasteiger partial charge is 0.311 e. The molecule has 0 fully saturated rings. The Morgan fingerprint density at radius 3 is 1.35 bits per heavy atom. The second kappa shape index (κ2) is 5.49. The Morgan fingerprint density at radius 2 is 0.900 bits per heavy atom. The first-order valence-electron chi connectivity index (χ1n) is 6.52. The molecule has 0 heterocycles. The van der Waals surface area contributed by atoms with E-state index in [1.54, 1.807) is 12.1 Å². The van der Waals surface area contributed by atoms with Gasteiger partial charge in [0.15, 0.2) is 5.75 Å². The highest BCUT2D eigenvalue weighted by atomic mass is 16.3. The number of rotatable bonds is 3. The van der Waals surface area contributed by atoms with Crippen LogP contribution in [0.15, 0.2) is 84.9 Å². The third-order valence-electron chi connectivity index (χ3n) is 3.12. The molecule has 3 aromatic carbocycles. The predicted octanol–water partition coefficient (Wildman–Crippen LogP) is 5.30. The van der Waals surface area contributed by atoms with Crippen LogP contribution in [0.1, 0.15) is 0 Å². The zero-order valence-electron chi connectivity index (χ0n) is 10.9. The van der Waals surface area contributed by atoms with Crippen LogP contribution in [0.5, 0.6) is 5.75 Å². The van der Waals surface area contributed by atoms with E-state index in [1.165, 1.54) is 0 Å². The molecule has 0 atom stereocenters. The van der Waals surface area contributed by atoms with Crippen molar-refractivity contribution in [2.24, 2.45) is 0 Å². The Balaban J connectivity index is 2.11. The summed E-state index contributed by atoms with van der Waals surface area (Å²) in [7, 11) is 0. The summed E-state index contributed by atoms with van der Waals surface area (Å²) in [5.41, 5.74) is 3.11. The molecule has 3 aromatic rings. The van der Waals surface area contributed by atoms with Crippen LogP contribution in [0.3, 0.4) is 0 Å². The summed E-state index contributed by atoms with van der Waals surface area (Å²) in [6, 6.07) is 27.1. The van der Waals surface area contributed by atoms with Gasteiger partial charge in [0.25, 0.3) is 0 Å². The van der Waals surface area contributed by atoms with Gasteiger partial charge in [0, 0.05) is 17.1 Å². The van der Waals surface area contributed by atoms with Crippen molar-refractivity contribution in [1.29, 1.82) is 0 Å². The summed E-state index contributed by atoms with van der Waals surface area (Å²) >= 11 is 0. The molecule has 0 aliphatic rings. The minimum atomic E-state index is 0.0230. The number of hydrogen-bond acceptors (Lipinski definition) is 1. The highest BCUT2D eigenvalue weighted by molar-refractivity contribution is 5.76. The van der Waals surface area contributed by atoms with Crippen molar-refractivity contribution >= 4 is 17.1 Å². The molecule has 3 rings (SSSR count). The highest BCUT2D eigenvalue weighted by Crippen LogP contribution is 2.34. The molecule has 97 valence electrons. The lowest BCUT2D eigenvalue weighted by Crippen LogP contribution is -2.09. The van der Waals surface area contributed by atoms with Crippen molar-refractivity contribution in [2.45, 2.75) is 0 Å². The second-order valence-corrected chi connectivity index (χ2v) is 4.50. The maximum absolute atomic E-state index is 11.3. The van der Waals surface area contributed by atoms with Gasteiger partial charge in [-0.2, -0.15) is 0 Å². The molecular formula is C18H14NO. The first kappa shape index (κ1) is 12.3. The van der Waals surface area contributed by atoms with E-state index in [1.807, 2.05) is 48.5 Å². The van der Waals surface area contributed by atoms with Gasteiger partial charge in [0.1, 0.15) is 0 Å². The summed E-state index contributed by atoms with van der Waals surface area (Å²) < 4.78 is 0. The summed E-state index contributed by atoms with van der Waals surface area (Å²) in [6.07, 6.45) is 0. The van der Waals surface area contributed by atoms with E-state index in [-0.39, 0.29) is 5.75 Å². The zero-order chi connectivity index (χ0) is 13.8. The van der Waals surface area contributed by atoms with Crippen LogP contribution in [0, 0.1) is 0 Å². The summed E-state index contributed by atoms with van der Waals surface area (Å²) in [4.78, 5) is 2.12. The summed E-state index contributed by atoms with van der Waals surface area (Å²) in [5.74, 6) is 0.0230. The van der Waals surface area contributed by atoms with E-state index >= 15 is 0 Å². The average Bonchev–Trinajstić information content (AvgIpc) is 2.52. The van der Waals surface area contributed by atoms with Crippen LogP contribution in [-0.2, 0) is 5.11 Å². The lowest BCUT2D eigenvalue weighted by atomic mass is 10.2. The molecule has 0 aliphatic carbocycles. The van der Waals surface area contributed by atoms with Crippen LogP contribution < -0.4 is 4.90 Å². The van der Waals surface area contributed by atoms with Gasteiger partial charge < -0.3 is 4.90 Å². The van der Waals surface area contributed by atoms with Crippen LogP contribution in [0.2, 0.25) is 0 Å². The SMILES string of the molecule is [O]c1ccc(N(c2ccccc2)c2ccccc2)cc1. The third-order valence-corrected chi connectivity index (χ3v) is 3.12. The first-order valence-corrected chi connectivity index (χ1v) is 6.52. The minimum absolute atomic E-state index is 0.0230. The van der Waals surface area contributed by atoms with Crippen LogP contribution in [-0.4, -0.2) is 0 Å². The monoisotopic (exact) mass is 260 g/mol. The molecule has 2 heteroatoms. The fourth-order valence-electron chi connectivity index (χ4n) is 2.20. The average molecular weight is 260 g/mol. The highest BCUT2D eigenvalue weighted by Gasteiger charge is 2.11. The number of anilines is 3. The molecule has 0 N–H and O–H groups in total. The van der Waals surface area contributed by atoms with Gasteiger partial charge in [-0.15, -0.1) is 0 Å². The van der Waals surface area contributed by atoms with Crippen molar-refractivity contribution in [1.82, 2.24) is 0 Å². The fourth-order valence-corrected chi connectivity index (χ4v) is 2.20. The van der Waals surface area contributed by atoms with Crippen LogP contribution >= 0.6 is 0 Å². The molecule has 1 radical (unpaired) electrons. The molecule has 0 aliphatic heterocycles. The Labute approximate surface area is 118 Å². The molecule has 2 nitrogen and oxygen atoms in total. The lowest BCUT2D eigenvalue weighted by molar-refractivity contribution is 0.355. The minimum Gasteiger partial charge on any atom is -0.311 e. The number of nitrogens with zero attached hydrogens (tertiary/aromatic N) is 1. The lowest BCUT2D eigenvalue weighted by Gasteiger charge is -2.25. The zero-order valence-corrected chi connectivity index (χ0v) is 10.9. The summed E-state index contributed by atoms with van der Waals surface area (Å²) in [5, 5.41) is 11.3. The van der Waals surface area contributed by atoms with E-state index < -0.39 is 0 Å². The van der Waals surface area contributed by atoms with E-state index in [0.717, 1.165) is 17.1 Å². The van der Waals surface area contributed by atoms with Gasteiger partial charge in [-0.05, 0) is 48.5 Å². The maximum atomic E-state index is 11.3. The summed E-state index contributed by atoms with van der Waals surface area (Å²) in [6.45, 7) is 0. The van der Waals surface area contributed by atoms with Gasteiger partial charge >= 0.3 is 0 Å². The molecule has 0 bridgehead atoms. The quantitative estimate of drug-likeness (QED) is 0.626. The van der Waals surface area contributed by atoms with E-state index in [4.69, 9.17) is 0 Å². The Hall–Kier alpha value is -2.74. The maximum Gasteiger partial charge on any atom is 0.178 e. The van der Waals surface area contributed by atoms with Gasteiger partial charge in [0.2, 0.25) is 0 Å². The molecule has 0 amide bonds. The van der Waals surface area contributed by atoms with Crippen LogP contribution in [0.25, 0.3) is 0 Å². The van der Waals surface area contributed by atoms with E-state index in [2.05, 4.69) is 29.2 Å². The molecule has 0 saturated heterocycles. The molecular weight excluding hydrogens is 246 g/mol. The van der Waals surface area contributed by atoms with Gasteiger partial charge in [-0.3, -0.25) is 5.11 Å². The number of para-hydroxylation sites is 2. The second-order valence-electron chi connectivity index (χ2n) is 4.50. The molecule has 0 unspecified atom stereocenters. The van der Waals surface area contributed by atoms with E-state index in [0.29, 0.717) is 0 Å². The number of hydrogen-bond donors (Lipinski definition) is 0. The molecule has 0 aromatic heterocycles. The molecule has 0 saturated carbocycles. The smallest absolute Gasteiger partial charge is 0.178 e. The molecule has 0 spiro atoms. The number of benzene rings is 3. The van der Waals surface area contributed by atoms with Crippen molar-refractivity contribution in [3.63, 3.8) is 0 Å². The Kier molecular flexibility index (Phi) is 3.38. The third kappa shape index (κ3) is 2.50. The normalized spacial score (nSPS) is 10.2. The standard InChI is InChI=1S/C18H14NO/c20-18-13-11-17(12-14-18)19(15-7-3-1-4-8-15)16-9-5-2-6-10-16/h1-14H. The fraction of sp³-hybridized carbons (Fsp3) is 0. The van der Waals surface area contributed by atoms with Gasteiger partial charge in [-0.25, -0.2) is 0 Å². The first-order chi connectivity index (χ1) is 9.84. The van der Waals surface area contributed by atoms with Crippen molar-refractivity contribution in [2.75, 3.05) is 4.90 Å². The van der Waals surface area contributed by atoms with Crippen LogP contribution in [0.4, 0.5) is 17.1 Å². The Bertz CT molecular complexity index is 623. The van der Waals surface area contributed by atoms with Gasteiger partial charge in [0.05, 0.1) is 0 Å². The van der Waals surface area contributed by atoms with E-state index in [9.17, 15) is 5.11 Å². The van der Waals surface area contributed by atoms with Crippen molar-refractivity contribution in [3.05, 3.63) is 84.9 Å². The van der Waals surface area contributed by atoms with Gasteiger partial charge in [-0.1, -0.05) is 36.4 Å². The van der Waals surface area contributed by atoms with Crippen molar-refractivity contribution < 1.29 is 5.11 Å². The predicted molar refractivity (Wildman–Crippen MR) is 81.3 cm³/mol. The van der Waals surface area contributed by atoms with Crippen molar-refractivity contribution in [3.8, 4) is 5.75 Å².